The molecule has 20 heavy (non-hydrogen) atoms. The molecule has 0 saturated heterocycles. The van der Waals surface area contributed by atoms with Gasteiger partial charge < -0.3 is 16.2 Å². The summed E-state index contributed by atoms with van der Waals surface area (Å²) in [7, 11) is 0. The number of alkyl halides is 3. The molecule has 0 spiro atoms. The molecule has 0 bridgehead atoms. The number of nitrogens with one attached hydrogen (secondary N) is 1. The molecule has 0 aromatic carbocycles. The van der Waals surface area contributed by atoms with Crippen LogP contribution in [-0.2, 0) is 6.18 Å². The van der Waals surface area contributed by atoms with Crippen molar-refractivity contribution < 1.29 is 18.3 Å². The van der Waals surface area contributed by atoms with E-state index < -0.39 is 17.8 Å². The first-order chi connectivity index (χ1) is 9.35. The molecule has 2 rings (SSSR count). The summed E-state index contributed by atoms with van der Waals surface area (Å²) in [6.45, 7) is 0.379. The van der Waals surface area contributed by atoms with Crippen molar-refractivity contribution >= 4 is 11.8 Å². The lowest BCUT2D eigenvalue weighted by Crippen LogP contribution is -2.31. The molecule has 1 saturated carbocycles. The van der Waals surface area contributed by atoms with Crippen molar-refractivity contribution in [2.75, 3.05) is 24.2 Å². The number of nitrogen functional groups attached to an aromatic ring is 1. The summed E-state index contributed by atoms with van der Waals surface area (Å²) in [5, 5.41) is 12.3. The Bertz CT molecular complexity index is 472. The molecule has 1 heterocycles. The molecule has 8 heteroatoms. The summed E-state index contributed by atoms with van der Waals surface area (Å²) in [5.74, 6) is -0.392. The number of nitrogens with zero attached hydrogens (tertiary/aromatic N) is 2. The molecule has 4 N–H and O–H groups in total. The van der Waals surface area contributed by atoms with Crippen LogP contribution in [0, 0.1) is 5.41 Å². The first kappa shape index (κ1) is 14.8. The molecular formula is C12H17F3N4O. The van der Waals surface area contributed by atoms with E-state index >= 15 is 0 Å². The van der Waals surface area contributed by atoms with E-state index in [0.717, 1.165) is 31.7 Å². The minimum Gasteiger partial charge on any atom is -0.396 e. The van der Waals surface area contributed by atoms with E-state index in [1.54, 1.807) is 0 Å². The lowest BCUT2D eigenvalue weighted by molar-refractivity contribution is -0.141. The minimum atomic E-state index is -4.56. The maximum absolute atomic E-state index is 12.6. The first-order valence-electron chi connectivity index (χ1n) is 6.41. The monoisotopic (exact) mass is 290 g/mol. The fraction of sp³-hybridized carbons (Fsp3) is 0.667. The SMILES string of the molecule is Nc1nc(NCC2(CO)CCCC2)cc(C(F)(F)F)n1. The van der Waals surface area contributed by atoms with Crippen molar-refractivity contribution in [3.8, 4) is 0 Å². The number of aliphatic hydroxyl groups excluding tert-OH is 1. The van der Waals surface area contributed by atoms with Gasteiger partial charge in [0.25, 0.3) is 0 Å². The molecule has 1 aliphatic rings. The molecule has 0 amide bonds. The molecular weight excluding hydrogens is 273 g/mol. The van der Waals surface area contributed by atoms with Gasteiger partial charge in [0.05, 0.1) is 6.61 Å². The number of hydrogen-bond donors (Lipinski definition) is 3. The zero-order valence-corrected chi connectivity index (χ0v) is 10.9. The Kier molecular flexibility index (Phi) is 4.03. The lowest BCUT2D eigenvalue weighted by Gasteiger charge is -2.27. The van der Waals surface area contributed by atoms with Crippen LogP contribution in [0.2, 0.25) is 0 Å². The first-order valence-corrected chi connectivity index (χ1v) is 6.41. The molecule has 1 fully saturated rings. The van der Waals surface area contributed by atoms with Gasteiger partial charge in [0.15, 0.2) is 5.69 Å². The van der Waals surface area contributed by atoms with E-state index in [2.05, 4.69) is 15.3 Å². The normalized spacial score (nSPS) is 18.2. The zero-order chi connectivity index (χ0) is 14.8. The van der Waals surface area contributed by atoms with Gasteiger partial charge in [-0.3, -0.25) is 0 Å². The second kappa shape index (κ2) is 5.43. The Morgan fingerprint density at radius 1 is 1.30 bits per heavy atom. The summed E-state index contributed by atoms with van der Waals surface area (Å²) in [6, 6.07) is 0.830. The molecule has 1 aromatic rings. The van der Waals surface area contributed by atoms with Gasteiger partial charge in [0, 0.05) is 18.0 Å². The van der Waals surface area contributed by atoms with Gasteiger partial charge in [-0.05, 0) is 12.8 Å². The van der Waals surface area contributed by atoms with Crippen LogP contribution in [0.4, 0.5) is 24.9 Å². The number of anilines is 2. The van der Waals surface area contributed by atoms with Crippen molar-refractivity contribution in [3.05, 3.63) is 11.8 Å². The van der Waals surface area contributed by atoms with Crippen molar-refractivity contribution in [1.29, 1.82) is 0 Å². The van der Waals surface area contributed by atoms with Crippen LogP contribution in [0.3, 0.4) is 0 Å². The standard InChI is InChI=1S/C12H17F3N4O/c13-12(14,15)8-5-9(19-10(16)18-8)17-6-11(7-20)3-1-2-4-11/h5,20H,1-4,6-7H2,(H3,16,17,18,19). The Morgan fingerprint density at radius 2 is 1.95 bits per heavy atom. The molecule has 1 aliphatic carbocycles. The zero-order valence-electron chi connectivity index (χ0n) is 10.9. The highest BCUT2D eigenvalue weighted by Gasteiger charge is 2.35. The largest absolute Gasteiger partial charge is 0.433 e. The highest BCUT2D eigenvalue weighted by atomic mass is 19.4. The van der Waals surface area contributed by atoms with Gasteiger partial charge in [-0.2, -0.15) is 18.2 Å². The number of rotatable bonds is 4. The predicted octanol–water partition coefficient (Wildman–Crippen LogP) is 2.04. The third kappa shape index (κ3) is 3.30. The van der Waals surface area contributed by atoms with Crippen LogP contribution in [0.25, 0.3) is 0 Å². The van der Waals surface area contributed by atoms with Gasteiger partial charge in [-0.1, -0.05) is 12.8 Å². The number of nitrogens with two attached hydrogens (primary N) is 1. The van der Waals surface area contributed by atoms with Gasteiger partial charge in [0.1, 0.15) is 5.82 Å². The molecule has 112 valence electrons. The van der Waals surface area contributed by atoms with E-state index in [1.807, 2.05) is 0 Å². The van der Waals surface area contributed by atoms with E-state index in [0.29, 0.717) is 6.54 Å². The molecule has 5 nitrogen and oxygen atoms in total. The average Bonchev–Trinajstić information content (AvgIpc) is 2.84. The number of halogens is 3. The van der Waals surface area contributed by atoms with E-state index in [-0.39, 0.29) is 17.8 Å². The van der Waals surface area contributed by atoms with Crippen molar-refractivity contribution in [1.82, 2.24) is 9.97 Å². The van der Waals surface area contributed by atoms with Gasteiger partial charge in [-0.15, -0.1) is 0 Å². The fourth-order valence-electron chi connectivity index (χ4n) is 2.50. The average molecular weight is 290 g/mol. The van der Waals surface area contributed by atoms with Crippen molar-refractivity contribution in [2.24, 2.45) is 5.41 Å². The Balaban J connectivity index is 2.11. The van der Waals surface area contributed by atoms with Crippen LogP contribution in [0.1, 0.15) is 31.4 Å². The summed E-state index contributed by atoms with van der Waals surface area (Å²) < 4.78 is 37.9. The topological polar surface area (TPSA) is 84.1 Å². The Morgan fingerprint density at radius 3 is 2.50 bits per heavy atom. The molecule has 0 aliphatic heterocycles. The third-order valence-electron chi connectivity index (χ3n) is 3.68. The fourth-order valence-corrected chi connectivity index (χ4v) is 2.50. The summed E-state index contributed by atoms with van der Waals surface area (Å²) >= 11 is 0. The number of aromatic nitrogens is 2. The van der Waals surface area contributed by atoms with Crippen LogP contribution >= 0.6 is 0 Å². The van der Waals surface area contributed by atoms with Gasteiger partial charge >= 0.3 is 6.18 Å². The smallest absolute Gasteiger partial charge is 0.396 e. The van der Waals surface area contributed by atoms with Gasteiger partial charge in [0.2, 0.25) is 5.95 Å². The second-order valence-corrected chi connectivity index (χ2v) is 5.21. The minimum absolute atomic E-state index is 0.00664. The predicted molar refractivity (Wildman–Crippen MR) is 67.9 cm³/mol. The van der Waals surface area contributed by atoms with Crippen LogP contribution in [0.15, 0.2) is 6.07 Å². The highest BCUT2D eigenvalue weighted by Crippen LogP contribution is 2.38. The Hall–Kier alpha value is -1.57. The molecule has 0 radical (unpaired) electrons. The summed E-state index contributed by atoms with van der Waals surface area (Å²) in [4.78, 5) is 6.92. The van der Waals surface area contributed by atoms with E-state index in [1.165, 1.54) is 0 Å². The Labute approximate surface area is 114 Å². The third-order valence-corrected chi connectivity index (χ3v) is 3.68. The number of hydrogen-bond acceptors (Lipinski definition) is 5. The van der Waals surface area contributed by atoms with Crippen LogP contribution in [0.5, 0.6) is 0 Å². The second-order valence-electron chi connectivity index (χ2n) is 5.21. The van der Waals surface area contributed by atoms with E-state index in [9.17, 15) is 18.3 Å². The van der Waals surface area contributed by atoms with E-state index in [4.69, 9.17) is 5.73 Å². The van der Waals surface area contributed by atoms with Crippen molar-refractivity contribution in [2.45, 2.75) is 31.9 Å². The molecule has 0 atom stereocenters. The maximum atomic E-state index is 12.6. The lowest BCUT2D eigenvalue weighted by atomic mass is 9.87. The molecule has 1 aromatic heterocycles. The summed E-state index contributed by atoms with van der Waals surface area (Å²) in [5.41, 5.74) is 3.94. The maximum Gasteiger partial charge on any atom is 0.433 e. The quantitative estimate of drug-likeness (QED) is 0.790. The number of aliphatic hydroxyl groups is 1. The van der Waals surface area contributed by atoms with Gasteiger partial charge in [-0.25, -0.2) is 4.98 Å². The van der Waals surface area contributed by atoms with Crippen LogP contribution < -0.4 is 11.1 Å². The highest BCUT2D eigenvalue weighted by molar-refractivity contribution is 5.41. The molecule has 0 unspecified atom stereocenters. The summed E-state index contributed by atoms with van der Waals surface area (Å²) in [6.07, 6.45) is -0.828. The van der Waals surface area contributed by atoms with Crippen molar-refractivity contribution in [3.63, 3.8) is 0 Å². The van der Waals surface area contributed by atoms with Crippen LogP contribution in [-0.4, -0.2) is 28.2 Å².